The molecule has 2 heterocycles. The van der Waals surface area contributed by atoms with Gasteiger partial charge in [0, 0.05) is 51.9 Å². The molecule has 0 aliphatic carbocycles. The van der Waals surface area contributed by atoms with E-state index in [1.807, 2.05) is 122 Å². The third-order valence-corrected chi connectivity index (χ3v) is 16.2. The number of aromatic nitrogens is 1. The standard InChI is InChI=1S/C50H80N6O9S2/c1-16-33(6)43(39(63-14)29-40(57)56-26-20-23-38(56)45(64-15)34(7)46(59)51-35(8)44(58)36-21-18-17-19-22-36)54(12)48(61)41(31(2)3)52-47(60)42(32(4)5)55(13)49(62)65-30-50(9,10)67-66-37-24-27-53(11)28-25-37/h17-19,21-22,24-25,27-28,31-35,38-39,41-45,58H,16,20,23,26,29-30H2,1-15H3,(H-,51,52,59,60)/p+1/t33-,34+,35+,38-,39+,41-,42-,43-,44+,45+/m0/s1. The summed E-state index contributed by atoms with van der Waals surface area (Å²) in [6, 6.07) is 9.81. The predicted molar refractivity (Wildman–Crippen MR) is 265 cm³/mol. The lowest BCUT2D eigenvalue weighted by molar-refractivity contribution is -0.671. The number of pyridine rings is 1. The van der Waals surface area contributed by atoms with Crippen molar-refractivity contribution < 1.29 is 47.9 Å². The van der Waals surface area contributed by atoms with Crippen LogP contribution in [0.25, 0.3) is 0 Å². The number of carbonyl (C=O) groups excluding carboxylic acids is 5. The number of amides is 5. The molecule has 0 radical (unpaired) electrons. The molecule has 5 amide bonds. The second-order valence-corrected chi connectivity index (χ2v) is 22.4. The molecule has 0 spiro atoms. The van der Waals surface area contributed by atoms with Crippen LogP contribution in [0.1, 0.15) is 107 Å². The maximum absolute atomic E-state index is 14.6. The Morgan fingerprint density at radius 2 is 1.52 bits per heavy atom. The number of nitrogens with zero attached hydrogens (tertiary/aromatic N) is 4. The number of likely N-dealkylation sites (N-methyl/N-ethyl adjacent to an activating group) is 2. The van der Waals surface area contributed by atoms with Gasteiger partial charge in [0.15, 0.2) is 12.4 Å². The van der Waals surface area contributed by atoms with Crippen molar-refractivity contribution >= 4 is 51.3 Å². The van der Waals surface area contributed by atoms with Gasteiger partial charge in [-0.1, -0.05) is 107 Å². The van der Waals surface area contributed by atoms with Crippen molar-refractivity contribution in [2.75, 3.05) is 41.5 Å². The lowest BCUT2D eigenvalue weighted by Crippen LogP contribution is -2.60. The molecular formula is C50H81N6O9S2+. The number of carbonyl (C=O) groups is 5. The van der Waals surface area contributed by atoms with E-state index in [0.29, 0.717) is 24.9 Å². The van der Waals surface area contributed by atoms with Crippen molar-refractivity contribution in [2.24, 2.45) is 30.7 Å². The zero-order chi connectivity index (χ0) is 50.3. The molecule has 15 nitrogen and oxygen atoms in total. The summed E-state index contributed by atoms with van der Waals surface area (Å²) in [4.78, 5) is 76.0. The van der Waals surface area contributed by atoms with Crippen LogP contribution in [0.4, 0.5) is 4.79 Å². The van der Waals surface area contributed by atoms with Crippen LogP contribution in [0.5, 0.6) is 0 Å². The van der Waals surface area contributed by atoms with E-state index in [0.717, 1.165) is 11.3 Å². The van der Waals surface area contributed by atoms with Crippen LogP contribution in [0.3, 0.4) is 0 Å². The third kappa shape index (κ3) is 16.1. The van der Waals surface area contributed by atoms with E-state index in [4.69, 9.17) is 14.2 Å². The summed E-state index contributed by atoms with van der Waals surface area (Å²) in [6.07, 6.45) is 3.09. The molecule has 0 saturated carbocycles. The minimum atomic E-state index is -0.954. The van der Waals surface area contributed by atoms with Crippen LogP contribution in [0.2, 0.25) is 0 Å². The zero-order valence-corrected chi connectivity index (χ0v) is 44.3. The zero-order valence-electron chi connectivity index (χ0n) is 42.7. The summed E-state index contributed by atoms with van der Waals surface area (Å²) in [5, 5.41) is 16.8. The molecule has 1 aromatic heterocycles. The molecule has 1 aromatic carbocycles. The molecule has 2 aromatic rings. The molecule has 0 unspecified atom stereocenters. The van der Waals surface area contributed by atoms with Crippen LogP contribution in [-0.2, 0) is 40.4 Å². The van der Waals surface area contributed by atoms with Gasteiger partial charge in [0.05, 0.1) is 53.5 Å². The first-order valence-corrected chi connectivity index (χ1v) is 25.8. The number of hydrogen-bond donors (Lipinski definition) is 3. The summed E-state index contributed by atoms with van der Waals surface area (Å²) in [5.41, 5.74) is 0.694. The lowest BCUT2D eigenvalue weighted by Gasteiger charge is -2.41. The Kier molecular flexibility index (Phi) is 22.9. The first kappa shape index (κ1) is 57.4. The van der Waals surface area contributed by atoms with Crippen LogP contribution in [-0.4, -0.2) is 138 Å². The molecular weight excluding hydrogens is 893 g/mol. The summed E-state index contributed by atoms with van der Waals surface area (Å²) in [5.74, 6) is -2.68. The van der Waals surface area contributed by atoms with Gasteiger partial charge in [0.2, 0.25) is 23.6 Å². The molecule has 1 aliphatic heterocycles. The second kappa shape index (κ2) is 26.7. The molecule has 67 heavy (non-hydrogen) atoms. The number of aliphatic hydroxyl groups excluding tert-OH is 1. The van der Waals surface area contributed by atoms with Gasteiger partial charge in [-0.2, -0.15) is 0 Å². The largest absolute Gasteiger partial charge is 0.448 e. The topological polar surface area (TPSA) is 171 Å². The van der Waals surface area contributed by atoms with Gasteiger partial charge in [0.1, 0.15) is 25.7 Å². The number of methoxy groups -OCH3 is 2. The number of hydrogen-bond acceptors (Lipinski definition) is 11. The Morgan fingerprint density at radius 3 is 2.07 bits per heavy atom. The summed E-state index contributed by atoms with van der Waals surface area (Å²) in [7, 11) is 11.4. The number of likely N-dealkylation sites (tertiary alicyclic amines) is 1. The van der Waals surface area contributed by atoms with Crippen LogP contribution in [0, 0.1) is 23.7 Å². The van der Waals surface area contributed by atoms with E-state index in [-0.39, 0.29) is 54.5 Å². The van der Waals surface area contributed by atoms with Gasteiger partial charge in [-0.15, -0.1) is 0 Å². The lowest BCUT2D eigenvalue weighted by atomic mass is 9.89. The Balaban J connectivity index is 1.73. The molecule has 10 atom stereocenters. The third-order valence-electron chi connectivity index (χ3n) is 12.9. The van der Waals surface area contributed by atoms with Gasteiger partial charge in [-0.3, -0.25) is 24.1 Å². The normalized spacial score (nSPS) is 18.2. The van der Waals surface area contributed by atoms with E-state index in [2.05, 4.69) is 10.6 Å². The van der Waals surface area contributed by atoms with Gasteiger partial charge in [-0.05, 0) is 56.9 Å². The van der Waals surface area contributed by atoms with E-state index in [1.54, 1.807) is 59.4 Å². The number of aliphatic hydroxyl groups is 1. The molecule has 1 fully saturated rings. The Bertz CT molecular complexity index is 1890. The monoisotopic (exact) mass is 974 g/mol. The first-order chi connectivity index (χ1) is 31.5. The Labute approximate surface area is 408 Å². The minimum absolute atomic E-state index is 0.0307. The van der Waals surface area contributed by atoms with E-state index < -0.39 is 65.1 Å². The Hall–Kier alpha value is -3.90. The molecule has 376 valence electrons. The minimum Gasteiger partial charge on any atom is -0.448 e. The van der Waals surface area contributed by atoms with E-state index in [9.17, 15) is 29.1 Å². The smallest absolute Gasteiger partial charge is 0.410 e. The molecule has 17 heteroatoms. The highest BCUT2D eigenvalue weighted by Crippen LogP contribution is 2.40. The molecule has 3 rings (SSSR count). The first-order valence-electron chi connectivity index (χ1n) is 23.7. The van der Waals surface area contributed by atoms with Gasteiger partial charge in [-0.25, -0.2) is 9.36 Å². The fourth-order valence-corrected chi connectivity index (χ4v) is 10.9. The highest BCUT2D eigenvalue weighted by Gasteiger charge is 2.44. The molecule has 0 bridgehead atoms. The van der Waals surface area contributed by atoms with Crippen molar-refractivity contribution in [3.05, 3.63) is 60.4 Å². The quantitative estimate of drug-likeness (QED) is 0.0741. The highest BCUT2D eigenvalue weighted by atomic mass is 33.1. The predicted octanol–water partition coefficient (Wildman–Crippen LogP) is 6.42. The van der Waals surface area contributed by atoms with E-state index in [1.165, 1.54) is 19.1 Å². The molecule has 3 N–H and O–H groups in total. The van der Waals surface area contributed by atoms with Crippen molar-refractivity contribution in [1.82, 2.24) is 25.3 Å². The molecule has 1 aliphatic rings. The Morgan fingerprint density at radius 1 is 0.896 bits per heavy atom. The van der Waals surface area contributed by atoms with Gasteiger partial charge >= 0.3 is 6.09 Å². The maximum atomic E-state index is 14.6. The molecule has 1 saturated heterocycles. The number of benzene rings is 1. The average Bonchev–Trinajstić information content (AvgIpc) is 3.78. The number of ether oxygens (including phenoxy) is 3. The van der Waals surface area contributed by atoms with Crippen molar-refractivity contribution in [1.29, 1.82) is 0 Å². The maximum Gasteiger partial charge on any atom is 0.410 e. The van der Waals surface area contributed by atoms with Gasteiger partial charge < -0.3 is 39.8 Å². The van der Waals surface area contributed by atoms with Crippen molar-refractivity contribution in [3.8, 4) is 0 Å². The average molecular weight is 974 g/mol. The number of nitrogens with one attached hydrogen (secondary N) is 2. The number of aryl methyl sites for hydroxylation is 1. The van der Waals surface area contributed by atoms with Crippen molar-refractivity contribution in [3.63, 3.8) is 0 Å². The second-order valence-electron chi connectivity index (χ2n) is 19.5. The van der Waals surface area contributed by atoms with Gasteiger partial charge in [0.25, 0.3) is 0 Å². The number of rotatable bonds is 25. The fraction of sp³-hybridized carbons (Fsp3) is 0.680. The fourth-order valence-electron chi connectivity index (χ4n) is 8.76. The summed E-state index contributed by atoms with van der Waals surface area (Å²) < 4.78 is 19.3. The SMILES string of the molecule is CC[C@H](C)[C@@H]([C@@H](CC(=O)N1CCC[C@H]1[C@H](OC)[C@@H](C)C(=O)N[C@H](C)[C@@H](O)c1ccccc1)OC)N(C)C(=O)[C@@H](NC(=O)[C@H](C(C)C)N(C)C(=O)OCC(C)(C)SSc1cc[n+](C)cc1)C(C)C. The van der Waals surface area contributed by atoms with Crippen molar-refractivity contribution in [2.45, 2.75) is 153 Å². The van der Waals surface area contributed by atoms with Crippen LogP contribution in [0.15, 0.2) is 59.8 Å². The van der Waals surface area contributed by atoms with Crippen LogP contribution >= 0.6 is 21.6 Å². The summed E-state index contributed by atoms with van der Waals surface area (Å²) in [6.45, 7) is 19.5. The highest BCUT2D eigenvalue weighted by molar-refractivity contribution is 8.77. The summed E-state index contributed by atoms with van der Waals surface area (Å²) >= 11 is 0. The van der Waals surface area contributed by atoms with Crippen LogP contribution < -0.4 is 15.2 Å². The van der Waals surface area contributed by atoms with E-state index >= 15 is 0 Å².